The average molecular weight is 316 g/mol. The Morgan fingerprint density at radius 1 is 1.30 bits per heavy atom. The molecule has 0 amide bonds. The largest absolute Gasteiger partial charge is 0.356 e. The smallest absolute Gasteiger partial charge is 0.191 e. The van der Waals surface area contributed by atoms with Crippen molar-refractivity contribution in [2.24, 2.45) is 10.9 Å². The van der Waals surface area contributed by atoms with Crippen molar-refractivity contribution in [1.82, 2.24) is 15.5 Å². The molecule has 1 aromatic rings. The zero-order valence-electron chi connectivity index (χ0n) is 15.0. The molecule has 4 nitrogen and oxygen atoms in total. The fourth-order valence-corrected chi connectivity index (χ4v) is 3.09. The quantitative estimate of drug-likeness (QED) is 0.648. The minimum absolute atomic E-state index is 0.510. The van der Waals surface area contributed by atoms with E-state index in [2.05, 4.69) is 71.6 Å². The first-order valence-electron chi connectivity index (χ1n) is 8.83. The van der Waals surface area contributed by atoms with Gasteiger partial charge in [-0.15, -0.1) is 0 Å². The van der Waals surface area contributed by atoms with Crippen LogP contribution in [0.25, 0.3) is 0 Å². The molecule has 23 heavy (non-hydrogen) atoms. The topological polar surface area (TPSA) is 39.7 Å². The summed E-state index contributed by atoms with van der Waals surface area (Å²) >= 11 is 0. The van der Waals surface area contributed by atoms with Crippen LogP contribution < -0.4 is 10.6 Å². The van der Waals surface area contributed by atoms with Crippen molar-refractivity contribution in [2.45, 2.75) is 52.2 Å². The van der Waals surface area contributed by atoms with E-state index in [4.69, 9.17) is 0 Å². The molecule has 0 radical (unpaired) electrons. The van der Waals surface area contributed by atoms with Gasteiger partial charge in [-0.1, -0.05) is 44.2 Å². The van der Waals surface area contributed by atoms with E-state index in [9.17, 15) is 0 Å². The Balaban J connectivity index is 1.81. The molecule has 2 unspecified atom stereocenters. The average Bonchev–Trinajstić information content (AvgIpc) is 2.54. The van der Waals surface area contributed by atoms with Crippen LogP contribution in [0.2, 0.25) is 0 Å². The molecule has 1 aliphatic rings. The van der Waals surface area contributed by atoms with Crippen molar-refractivity contribution in [2.75, 3.05) is 20.1 Å². The maximum absolute atomic E-state index is 4.35. The normalized spacial score (nSPS) is 23.1. The summed E-state index contributed by atoms with van der Waals surface area (Å²) in [6, 6.07) is 11.9. The number of guanidine groups is 1. The zero-order valence-corrected chi connectivity index (χ0v) is 15.0. The highest BCUT2D eigenvalue weighted by atomic mass is 15.2. The third-order valence-corrected chi connectivity index (χ3v) is 4.48. The fourth-order valence-electron chi connectivity index (χ4n) is 3.09. The number of benzene rings is 1. The van der Waals surface area contributed by atoms with Gasteiger partial charge in [-0.25, -0.2) is 0 Å². The minimum atomic E-state index is 0.510. The van der Waals surface area contributed by atoms with Crippen molar-refractivity contribution < 1.29 is 0 Å². The Morgan fingerprint density at radius 2 is 2.04 bits per heavy atom. The zero-order chi connectivity index (χ0) is 16.7. The lowest BCUT2D eigenvalue weighted by atomic mass is 9.97. The van der Waals surface area contributed by atoms with Gasteiger partial charge in [0, 0.05) is 38.8 Å². The van der Waals surface area contributed by atoms with Crippen molar-refractivity contribution in [3.63, 3.8) is 0 Å². The highest BCUT2D eigenvalue weighted by Gasteiger charge is 2.25. The second-order valence-electron chi connectivity index (χ2n) is 7.02. The van der Waals surface area contributed by atoms with Gasteiger partial charge in [0.25, 0.3) is 0 Å². The molecule has 4 heteroatoms. The summed E-state index contributed by atoms with van der Waals surface area (Å²) in [5, 5.41) is 7.00. The molecular weight excluding hydrogens is 284 g/mol. The van der Waals surface area contributed by atoms with Crippen molar-refractivity contribution in [1.29, 1.82) is 0 Å². The molecule has 1 saturated heterocycles. The summed E-state index contributed by atoms with van der Waals surface area (Å²) in [5.74, 6) is 1.56. The SMILES string of the molecule is CN=C(NCC(C)C)NC1CCN(Cc2ccccc2)C(C)C1. The lowest BCUT2D eigenvalue weighted by molar-refractivity contribution is 0.134. The van der Waals surface area contributed by atoms with Crippen LogP contribution in [0, 0.1) is 5.92 Å². The van der Waals surface area contributed by atoms with Gasteiger partial charge >= 0.3 is 0 Å². The predicted molar refractivity (Wildman–Crippen MR) is 98.7 cm³/mol. The summed E-state index contributed by atoms with van der Waals surface area (Å²) in [6.45, 7) is 9.90. The van der Waals surface area contributed by atoms with E-state index in [1.54, 1.807) is 0 Å². The van der Waals surface area contributed by atoms with E-state index in [1.165, 1.54) is 12.0 Å². The molecule has 0 saturated carbocycles. The molecule has 0 spiro atoms. The minimum Gasteiger partial charge on any atom is -0.356 e. The van der Waals surface area contributed by atoms with Crippen LogP contribution in [0.3, 0.4) is 0 Å². The molecule has 0 aromatic heterocycles. The van der Waals surface area contributed by atoms with Gasteiger partial charge in [0.05, 0.1) is 0 Å². The molecular formula is C19H32N4. The van der Waals surface area contributed by atoms with E-state index in [0.717, 1.165) is 32.0 Å². The summed E-state index contributed by atoms with van der Waals surface area (Å²) in [4.78, 5) is 6.93. The highest BCUT2D eigenvalue weighted by molar-refractivity contribution is 5.79. The first kappa shape index (κ1) is 17.8. The number of hydrogen-bond acceptors (Lipinski definition) is 2. The Morgan fingerprint density at radius 3 is 2.65 bits per heavy atom. The second-order valence-corrected chi connectivity index (χ2v) is 7.02. The van der Waals surface area contributed by atoms with Crippen LogP contribution in [-0.2, 0) is 6.54 Å². The summed E-state index contributed by atoms with van der Waals surface area (Å²) in [5.41, 5.74) is 1.40. The molecule has 2 atom stereocenters. The van der Waals surface area contributed by atoms with E-state index in [1.807, 2.05) is 7.05 Å². The standard InChI is InChI=1S/C19H32N4/c1-15(2)13-21-19(20-4)22-18-10-11-23(16(3)12-18)14-17-8-6-5-7-9-17/h5-9,15-16,18H,10-14H2,1-4H3,(H2,20,21,22). The fraction of sp³-hybridized carbons (Fsp3) is 0.632. The van der Waals surface area contributed by atoms with Gasteiger partial charge in [0.15, 0.2) is 5.96 Å². The predicted octanol–water partition coefficient (Wildman–Crippen LogP) is 2.86. The molecule has 2 rings (SSSR count). The molecule has 0 aliphatic carbocycles. The molecule has 1 fully saturated rings. The number of piperidine rings is 1. The number of hydrogen-bond donors (Lipinski definition) is 2. The number of nitrogens with zero attached hydrogens (tertiary/aromatic N) is 2. The Bertz CT molecular complexity index is 483. The maximum Gasteiger partial charge on any atom is 0.191 e. The summed E-state index contributed by atoms with van der Waals surface area (Å²) in [6.07, 6.45) is 2.33. The monoisotopic (exact) mass is 316 g/mol. The van der Waals surface area contributed by atoms with Gasteiger partial charge < -0.3 is 10.6 Å². The third-order valence-electron chi connectivity index (χ3n) is 4.48. The van der Waals surface area contributed by atoms with E-state index < -0.39 is 0 Å². The Hall–Kier alpha value is -1.55. The Labute approximate surface area is 141 Å². The first-order valence-corrected chi connectivity index (χ1v) is 8.83. The molecule has 2 N–H and O–H groups in total. The van der Waals surface area contributed by atoms with Crippen molar-refractivity contribution in [3.8, 4) is 0 Å². The second kappa shape index (κ2) is 8.92. The van der Waals surface area contributed by atoms with Gasteiger partial charge in [-0.05, 0) is 31.2 Å². The number of aliphatic imine (C=N–C) groups is 1. The lowest BCUT2D eigenvalue weighted by Gasteiger charge is -2.38. The van der Waals surface area contributed by atoms with E-state index in [0.29, 0.717) is 18.0 Å². The van der Waals surface area contributed by atoms with Crippen LogP contribution in [-0.4, -0.2) is 43.1 Å². The molecule has 1 aliphatic heterocycles. The van der Waals surface area contributed by atoms with Crippen LogP contribution in [0.4, 0.5) is 0 Å². The summed E-state index contributed by atoms with van der Waals surface area (Å²) < 4.78 is 0. The van der Waals surface area contributed by atoms with Crippen LogP contribution >= 0.6 is 0 Å². The maximum atomic E-state index is 4.35. The van der Waals surface area contributed by atoms with Crippen molar-refractivity contribution >= 4 is 5.96 Å². The van der Waals surface area contributed by atoms with Gasteiger partial charge in [0.1, 0.15) is 0 Å². The number of rotatable bonds is 5. The lowest BCUT2D eigenvalue weighted by Crippen LogP contribution is -2.51. The van der Waals surface area contributed by atoms with Crippen LogP contribution in [0.15, 0.2) is 35.3 Å². The van der Waals surface area contributed by atoms with Crippen molar-refractivity contribution in [3.05, 3.63) is 35.9 Å². The Kier molecular flexibility index (Phi) is 6.90. The first-order chi connectivity index (χ1) is 11.1. The van der Waals surface area contributed by atoms with Gasteiger partial charge in [-0.2, -0.15) is 0 Å². The molecule has 0 bridgehead atoms. The summed E-state index contributed by atoms with van der Waals surface area (Å²) in [7, 11) is 1.85. The van der Waals surface area contributed by atoms with Crippen LogP contribution in [0.5, 0.6) is 0 Å². The van der Waals surface area contributed by atoms with Gasteiger partial charge in [-0.3, -0.25) is 9.89 Å². The molecule has 1 heterocycles. The van der Waals surface area contributed by atoms with Crippen LogP contribution in [0.1, 0.15) is 39.2 Å². The van der Waals surface area contributed by atoms with E-state index in [-0.39, 0.29) is 0 Å². The molecule has 128 valence electrons. The van der Waals surface area contributed by atoms with E-state index >= 15 is 0 Å². The highest BCUT2D eigenvalue weighted by Crippen LogP contribution is 2.19. The number of likely N-dealkylation sites (tertiary alicyclic amines) is 1. The number of nitrogens with one attached hydrogen (secondary N) is 2. The van der Waals surface area contributed by atoms with Gasteiger partial charge in [0.2, 0.25) is 0 Å². The third kappa shape index (κ3) is 5.87. The molecule has 1 aromatic carbocycles.